The van der Waals surface area contributed by atoms with Crippen LogP contribution in [-0.4, -0.2) is 42.7 Å². The average molecular weight is 429 g/mol. The fourth-order valence-electron chi connectivity index (χ4n) is 3.47. The summed E-state index contributed by atoms with van der Waals surface area (Å²) in [6.07, 6.45) is 20.1. The molecule has 2 atom stereocenters. The van der Waals surface area contributed by atoms with Gasteiger partial charge in [-0.3, -0.25) is 4.79 Å². The van der Waals surface area contributed by atoms with Crippen LogP contribution in [-0.2, 0) is 9.53 Å². The molecule has 0 radical (unpaired) electrons. The number of ether oxygens (including phenoxy) is 1. The van der Waals surface area contributed by atoms with E-state index < -0.39 is 19.9 Å². The summed E-state index contributed by atoms with van der Waals surface area (Å²) in [6, 6.07) is 0. The Labute approximate surface area is 181 Å². The topological polar surface area (TPSA) is 66.8 Å². The number of hydrogen-bond donors (Lipinski definition) is 2. The van der Waals surface area contributed by atoms with E-state index in [9.17, 15) is 15.0 Å². The Bertz CT molecular complexity index is 418. The van der Waals surface area contributed by atoms with E-state index in [1.54, 1.807) is 0 Å². The van der Waals surface area contributed by atoms with Gasteiger partial charge in [0.25, 0.3) is 0 Å². The number of aliphatic hydroxyl groups is 2. The van der Waals surface area contributed by atoms with Crippen LogP contribution in [0.5, 0.6) is 0 Å². The van der Waals surface area contributed by atoms with Crippen molar-refractivity contribution in [1.82, 2.24) is 0 Å². The molecule has 0 saturated carbocycles. The number of aliphatic hydroxyl groups excluding tert-OH is 2. The minimum absolute atomic E-state index is 0.248. The number of unbranched alkanes of at least 4 members (excludes halogenated alkanes) is 11. The number of hydrogen-bond acceptors (Lipinski definition) is 4. The van der Waals surface area contributed by atoms with Crippen LogP contribution in [0.15, 0.2) is 12.2 Å². The molecular weight excluding hydrogens is 380 g/mol. The molecule has 0 rings (SSSR count). The molecule has 0 aliphatic heterocycles. The Hall–Kier alpha value is -0.653. The minimum Gasteiger partial charge on any atom is -0.463 e. The molecule has 0 fully saturated rings. The monoisotopic (exact) mass is 428 g/mol. The van der Waals surface area contributed by atoms with Crippen LogP contribution in [0.2, 0.25) is 19.6 Å². The van der Waals surface area contributed by atoms with Crippen molar-refractivity contribution in [3.63, 3.8) is 0 Å². The highest BCUT2D eigenvalue weighted by Gasteiger charge is 2.35. The summed E-state index contributed by atoms with van der Waals surface area (Å²) in [4.78, 5) is 12.1. The lowest BCUT2D eigenvalue weighted by Crippen LogP contribution is -2.50. The van der Waals surface area contributed by atoms with Gasteiger partial charge in [0.05, 0.1) is 14.7 Å². The van der Waals surface area contributed by atoms with Crippen LogP contribution in [0, 0.1) is 0 Å². The van der Waals surface area contributed by atoms with Gasteiger partial charge in [0.2, 0.25) is 0 Å². The van der Waals surface area contributed by atoms with E-state index in [-0.39, 0.29) is 12.6 Å². The van der Waals surface area contributed by atoms with Gasteiger partial charge in [0.15, 0.2) is 0 Å². The normalized spacial score (nSPS) is 14.3. The molecule has 2 N–H and O–H groups in total. The Morgan fingerprint density at radius 2 is 1.34 bits per heavy atom. The van der Waals surface area contributed by atoms with Crippen LogP contribution in [0.25, 0.3) is 0 Å². The predicted molar refractivity (Wildman–Crippen MR) is 126 cm³/mol. The molecule has 29 heavy (non-hydrogen) atoms. The van der Waals surface area contributed by atoms with Crippen molar-refractivity contribution in [3.8, 4) is 0 Å². The largest absolute Gasteiger partial charge is 0.463 e. The fourth-order valence-corrected chi connectivity index (χ4v) is 5.21. The first-order chi connectivity index (χ1) is 13.8. The molecule has 0 spiro atoms. The maximum atomic E-state index is 12.1. The summed E-state index contributed by atoms with van der Waals surface area (Å²) in [5, 5.41) is 19.1. The summed E-state index contributed by atoms with van der Waals surface area (Å²) < 4.78 is 5.49. The number of esters is 1. The lowest BCUT2D eigenvalue weighted by molar-refractivity contribution is -0.151. The second kappa shape index (κ2) is 18.1. The van der Waals surface area contributed by atoms with Gasteiger partial charge < -0.3 is 14.9 Å². The zero-order valence-corrected chi connectivity index (χ0v) is 20.6. The molecule has 2 unspecified atom stereocenters. The van der Waals surface area contributed by atoms with E-state index in [1.807, 2.05) is 19.6 Å². The van der Waals surface area contributed by atoms with Crippen LogP contribution in [0.3, 0.4) is 0 Å². The Balaban J connectivity index is 3.62. The first-order valence-electron chi connectivity index (χ1n) is 12.0. The molecule has 5 heteroatoms. The highest BCUT2D eigenvalue weighted by atomic mass is 28.3. The average Bonchev–Trinajstić information content (AvgIpc) is 2.67. The predicted octanol–water partition coefficient (Wildman–Crippen LogP) is 6.17. The van der Waals surface area contributed by atoms with E-state index in [0.29, 0.717) is 6.42 Å². The number of allylic oxidation sites excluding steroid dienone is 2. The van der Waals surface area contributed by atoms with Crippen LogP contribution >= 0.6 is 0 Å². The molecule has 0 heterocycles. The lowest BCUT2D eigenvalue weighted by Gasteiger charge is -2.31. The first kappa shape index (κ1) is 28.3. The van der Waals surface area contributed by atoms with E-state index in [2.05, 4.69) is 19.1 Å². The molecule has 0 bridgehead atoms. The summed E-state index contributed by atoms with van der Waals surface area (Å²) in [7, 11) is -1.88. The third-order valence-corrected chi connectivity index (χ3v) is 7.50. The summed E-state index contributed by atoms with van der Waals surface area (Å²) in [6.45, 7) is 7.99. The van der Waals surface area contributed by atoms with Crippen molar-refractivity contribution in [2.24, 2.45) is 0 Å². The first-order valence-corrected chi connectivity index (χ1v) is 15.5. The highest BCUT2D eigenvalue weighted by molar-refractivity contribution is 6.77. The highest BCUT2D eigenvalue weighted by Crippen LogP contribution is 2.17. The fraction of sp³-hybridized carbons (Fsp3) is 0.875. The molecule has 4 nitrogen and oxygen atoms in total. The Kier molecular flexibility index (Phi) is 17.7. The maximum absolute atomic E-state index is 12.1. The Morgan fingerprint density at radius 3 is 1.83 bits per heavy atom. The minimum atomic E-state index is -1.88. The number of rotatable bonds is 19. The Morgan fingerprint density at radius 1 is 0.862 bits per heavy atom. The van der Waals surface area contributed by atoms with Crippen molar-refractivity contribution < 1.29 is 19.7 Å². The molecule has 0 saturated heterocycles. The van der Waals surface area contributed by atoms with Gasteiger partial charge >= 0.3 is 5.97 Å². The van der Waals surface area contributed by atoms with Crippen molar-refractivity contribution in [1.29, 1.82) is 0 Å². The maximum Gasteiger partial charge on any atom is 0.305 e. The van der Waals surface area contributed by atoms with E-state index in [0.717, 1.165) is 25.7 Å². The number of carbonyl (C=O) groups excluding carboxylic acids is 1. The summed E-state index contributed by atoms with van der Waals surface area (Å²) >= 11 is 0. The molecule has 172 valence electrons. The quantitative estimate of drug-likeness (QED) is 0.112. The molecular formula is C24H48O4Si. The van der Waals surface area contributed by atoms with Gasteiger partial charge in [-0.05, 0) is 32.1 Å². The van der Waals surface area contributed by atoms with Gasteiger partial charge in [-0.2, -0.15) is 0 Å². The zero-order chi connectivity index (χ0) is 22.0. The summed E-state index contributed by atoms with van der Waals surface area (Å²) in [5.74, 6) is -0.248. The van der Waals surface area contributed by atoms with Crippen LogP contribution in [0.4, 0.5) is 0 Å². The van der Waals surface area contributed by atoms with Crippen molar-refractivity contribution in [2.45, 2.75) is 128 Å². The third-order valence-electron chi connectivity index (χ3n) is 5.29. The number of carbonyl (C=O) groups is 1. The standard InChI is InChI=1S/C24H48O4Si/c1-5-6-7-8-9-10-11-12-13-14-15-16-17-18-19-20-23(27)28-24(22(26)21-25)29(2,3)4/h12-13,22,24-26H,5-11,14-21H2,1-4H3/b13-12-. The molecule has 0 aromatic rings. The lowest BCUT2D eigenvalue weighted by atomic mass is 10.1. The van der Waals surface area contributed by atoms with Gasteiger partial charge in [-0.25, -0.2) is 0 Å². The zero-order valence-electron chi connectivity index (χ0n) is 19.6. The van der Waals surface area contributed by atoms with Crippen LogP contribution < -0.4 is 0 Å². The van der Waals surface area contributed by atoms with Crippen LogP contribution in [0.1, 0.15) is 96.8 Å². The smallest absolute Gasteiger partial charge is 0.305 e. The van der Waals surface area contributed by atoms with Gasteiger partial charge in [-0.1, -0.05) is 90.1 Å². The van der Waals surface area contributed by atoms with Gasteiger partial charge in [-0.15, -0.1) is 0 Å². The molecule has 0 amide bonds. The molecule has 0 aromatic heterocycles. The molecule has 0 aromatic carbocycles. The second-order valence-corrected chi connectivity index (χ2v) is 14.7. The second-order valence-electron chi connectivity index (χ2n) is 9.36. The van der Waals surface area contributed by atoms with Crippen molar-refractivity contribution >= 4 is 14.0 Å². The van der Waals surface area contributed by atoms with Gasteiger partial charge in [0, 0.05) is 6.42 Å². The van der Waals surface area contributed by atoms with E-state index >= 15 is 0 Å². The SMILES string of the molecule is CCCCCCCC/C=C\CCCCCCCC(=O)OC(C(O)CO)[Si](C)(C)C. The van der Waals surface area contributed by atoms with Crippen molar-refractivity contribution in [2.75, 3.05) is 6.61 Å². The van der Waals surface area contributed by atoms with E-state index in [4.69, 9.17) is 4.74 Å². The molecule has 0 aliphatic carbocycles. The molecule has 0 aliphatic rings. The van der Waals surface area contributed by atoms with Crippen molar-refractivity contribution in [3.05, 3.63) is 12.2 Å². The van der Waals surface area contributed by atoms with E-state index in [1.165, 1.54) is 57.8 Å². The summed E-state index contributed by atoms with van der Waals surface area (Å²) in [5.41, 5.74) is -0.539. The third kappa shape index (κ3) is 16.8. The van der Waals surface area contributed by atoms with Gasteiger partial charge in [0.1, 0.15) is 11.8 Å².